The smallest absolute Gasteiger partial charge is 0.136 e. The lowest BCUT2D eigenvalue weighted by Gasteiger charge is -1.97. The Morgan fingerprint density at radius 2 is 2.09 bits per heavy atom. The molecule has 11 heavy (non-hydrogen) atoms. The highest BCUT2D eigenvalue weighted by Crippen LogP contribution is 1.92. The summed E-state index contributed by atoms with van der Waals surface area (Å²) in [6.07, 6.45) is 6.40. The molecule has 68 valence electrons. The Labute approximate surface area is 71.0 Å². The average Bonchev–Trinajstić information content (AvgIpc) is 2.08. The Kier molecular flexibility index (Phi) is 14.3. The van der Waals surface area contributed by atoms with Crippen molar-refractivity contribution >= 4 is 6.29 Å². The van der Waals surface area contributed by atoms with Crippen molar-refractivity contribution < 1.29 is 6.22 Å². The van der Waals surface area contributed by atoms with Gasteiger partial charge in [0.25, 0.3) is 0 Å². The van der Waals surface area contributed by atoms with Gasteiger partial charge in [0.2, 0.25) is 0 Å². The van der Waals surface area contributed by atoms with Crippen LogP contribution in [0.25, 0.3) is 0 Å². The van der Waals surface area contributed by atoms with Crippen LogP contribution in [-0.2, 0) is 4.79 Å². The molecule has 0 aromatic heterocycles. The first-order valence-corrected chi connectivity index (χ1v) is 4.13. The number of hydrogen-bond donors (Lipinski definition) is 1. The van der Waals surface area contributed by atoms with Crippen LogP contribution in [0.4, 0.5) is 0 Å². The molecule has 0 aromatic carbocycles. The topological polar surface area (TPSA) is 43.1 Å². The Hall–Kier alpha value is -0.630. The second-order valence-corrected chi connectivity index (χ2v) is 1.95. The number of aldehydes is 1. The molecule has 2 N–H and O–H groups in total. The first kappa shape index (κ1) is 13.0. The van der Waals surface area contributed by atoms with E-state index in [0.717, 1.165) is 19.1 Å². The van der Waals surface area contributed by atoms with E-state index in [1.54, 1.807) is 0 Å². The predicted octanol–water partition coefficient (Wildman–Crippen LogP) is 2.14. The molecule has 0 heterocycles. The molecule has 0 saturated carbocycles. The fourth-order valence-corrected chi connectivity index (χ4v) is 0.523. The molecule has 0 spiro atoms. The van der Waals surface area contributed by atoms with Crippen LogP contribution in [-0.4, -0.2) is 12.3 Å². The summed E-state index contributed by atoms with van der Waals surface area (Å²) < 4.78 is 0. The van der Waals surface area contributed by atoms with Crippen LogP contribution in [0, 0.1) is 0 Å². The molecule has 0 aliphatic heterocycles. The Bertz CT molecular complexity index is 105. The Balaban J connectivity index is -0.000000249. The second-order valence-electron chi connectivity index (χ2n) is 1.95. The first-order chi connectivity index (χ1) is 5.31. The van der Waals surface area contributed by atoms with Gasteiger partial charge in [-0.2, -0.15) is 0 Å². The molecule has 2 nitrogen and oxygen atoms in total. The van der Waals surface area contributed by atoms with E-state index >= 15 is 0 Å². The SMILES string of the molecule is C/C=C/CC[C@H](N)C=O.CC.[HH]. The number of allylic oxidation sites excluding steroid dienone is 2. The van der Waals surface area contributed by atoms with Gasteiger partial charge in [-0.15, -0.1) is 0 Å². The predicted molar refractivity (Wildman–Crippen MR) is 51.5 cm³/mol. The molecule has 1 atom stereocenters. The van der Waals surface area contributed by atoms with Gasteiger partial charge in [0.05, 0.1) is 6.04 Å². The fraction of sp³-hybridized carbons (Fsp3) is 0.667. The third-order valence-corrected chi connectivity index (χ3v) is 1.08. The zero-order chi connectivity index (χ0) is 9.11. The van der Waals surface area contributed by atoms with Crippen molar-refractivity contribution in [2.24, 2.45) is 5.73 Å². The summed E-state index contributed by atoms with van der Waals surface area (Å²) in [7, 11) is 0. The molecule has 0 saturated heterocycles. The summed E-state index contributed by atoms with van der Waals surface area (Å²) in [6.45, 7) is 5.95. The van der Waals surface area contributed by atoms with E-state index in [-0.39, 0.29) is 7.47 Å². The zero-order valence-electron chi connectivity index (χ0n) is 7.71. The van der Waals surface area contributed by atoms with Gasteiger partial charge in [0.1, 0.15) is 6.29 Å². The number of nitrogens with two attached hydrogens (primary N) is 1. The maximum Gasteiger partial charge on any atom is 0.136 e. The van der Waals surface area contributed by atoms with Crippen LogP contribution in [0.3, 0.4) is 0 Å². The minimum Gasteiger partial charge on any atom is -0.322 e. The summed E-state index contributed by atoms with van der Waals surface area (Å²) in [4.78, 5) is 9.95. The van der Waals surface area contributed by atoms with Crippen LogP contribution >= 0.6 is 0 Å². The van der Waals surface area contributed by atoms with E-state index in [9.17, 15) is 4.79 Å². The average molecular weight is 159 g/mol. The zero-order valence-corrected chi connectivity index (χ0v) is 7.71. The van der Waals surface area contributed by atoms with Crippen molar-refractivity contribution in [3.63, 3.8) is 0 Å². The molecule has 0 aromatic rings. The van der Waals surface area contributed by atoms with E-state index in [4.69, 9.17) is 5.73 Å². The number of hydrogen-bond acceptors (Lipinski definition) is 2. The molecule has 2 heteroatoms. The van der Waals surface area contributed by atoms with Gasteiger partial charge in [-0.3, -0.25) is 0 Å². The van der Waals surface area contributed by atoms with Gasteiger partial charge in [-0.25, -0.2) is 0 Å². The third-order valence-electron chi connectivity index (χ3n) is 1.08. The lowest BCUT2D eigenvalue weighted by Crippen LogP contribution is -2.20. The van der Waals surface area contributed by atoms with Crippen LogP contribution in [0.5, 0.6) is 0 Å². The van der Waals surface area contributed by atoms with E-state index in [1.807, 2.05) is 32.9 Å². The molecule has 0 bridgehead atoms. The van der Waals surface area contributed by atoms with Gasteiger partial charge >= 0.3 is 0 Å². The maximum atomic E-state index is 9.95. The third kappa shape index (κ3) is 12.5. The minimum absolute atomic E-state index is 0. The van der Waals surface area contributed by atoms with Crippen molar-refractivity contribution in [2.45, 2.75) is 39.7 Å². The number of rotatable bonds is 4. The molecular formula is C9H21NO. The standard InChI is InChI=1S/C7H13NO.C2H6.H2/c1-2-3-4-5-7(8)6-9;1-2;/h2-3,6-7H,4-5,8H2,1H3;1-2H3;1H/b3-2+;;/t7-;;/m0../s1. The fourth-order valence-electron chi connectivity index (χ4n) is 0.523. The van der Waals surface area contributed by atoms with Crippen LogP contribution in [0.15, 0.2) is 12.2 Å². The molecule has 0 amide bonds. The van der Waals surface area contributed by atoms with Crippen molar-refractivity contribution in [1.29, 1.82) is 0 Å². The lowest BCUT2D eigenvalue weighted by atomic mass is 10.2. The van der Waals surface area contributed by atoms with E-state index in [1.165, 1.54) is 0 Å². The van der Waals surface area contributed by atoms with Crippen molar-refractivity contribution in [3.8, 4) is 0 Å². The molecule has 0 aliphatic carbocycles. The summed E-state index contributed by atoms with van der Waals surface area (Å²) in [6, 6.07) is -0.277. The quantitative estimate of drug-likeness (QED) is 0.504. The van der Waals surface area contributed by atoms with Gasteiger partial charge < -0.3 is 10.5 Å². The molecule has 0 radical (unpaired) electrons. The van der Waals surface area contributed by atoms with E-state index < -0.39 is 0 Å². The van der Waals surface area contributed by atoms with Gasteiger partial charge in [0.15, 0.2) is 0 Å². The van der Waals surface area contributed by atoms with Crippen molar-refractivity contribution in [2.75, 3.05) is 0 Å². The van der Waals surface area contributed by atoms with Crippen LogP contribution < -0.4 is 5.73 Å². The summed E-state index contributed by atoms with van der Waals surface area (Å²) in [5.41, 5.74) is 5.31. The second kappa shape index (κ2) is 12.1. The summed E-state index contributed by atoms with van der Waals surface area (Å²) in [5, 5.41) is 0. The molecule has 0 aliphatic rings. The Morgan fingerprint density at radius 1 is 1.55 bits per heavy atom. The monoisotopic (exact) mass is 159 g/mol. The van der Waals surface area contributed by atoms with Gasteiger partial charge in [-0.1, -0.05) is 26.0 Å². The highest BCUT2D eigenvalue weighted by molar-refractivity contribution is 5.56. The molecule has 0 unspecified atom stereocenters. The highest BCUT2D eigenvalue weighted by atomic mass is 16.1. The molecular weight excluding hydrogens is 138 g/mol. The van der Waals surface area contributed by atoms with E-state index in [2.05, 4.69) is 0 Å². The van der Waals surface area contributed by atoms with Crippen molar-refractivity contribution in [3.05, 3.63) is 12.2 Å². The first-order valence-electron chi connectivity index (χ1n) is 4.13. The largest absolute Gasteiger partial charge is 0.322 e. The normalized spacial score (nSPS) is 12.0. The Morgan fingerprint density at radius 3 is 2.45 bits per heavy atom. The minimum atomic E-state index is -0.277. The van der Waals surface area contributed by atoms with E-state index in [0.29, 0.717) is 0 Å². The number of carbonyl (C=O) groups is 1. The lowest BCUT2D eigenvalue weighted by molar-refractivity contribution is -0.109. The van der Waals surface area contributed by atoms with Crippen LogP contribution in [0.2, 0.25) is 0 Å². The van der Waals surface area contributed by atoms with Gasteiger partial charge in [0, 0.05) is 1.43 Å². The van der Waals surface area contributed by atoms with Crippen molar-refractivity contribution in [1.82, 2.24) is 0 Å². The van der Waals surface area contributed by atoms with Crippen LogP contribution in [0.1, 0.15) is 35.0 Å². The molecule has 0 rings (SSSR count). The van der Waals surface area contributed by atoms with Gasteiger partial charge in [-0.05, 0) is 19.8 Å². The number of carbonyl (C=O) groups excluding carboxylic acids is 1. The maximum absolute atomic E-state index is 9.95. The summed E-state index contributed by atoms with van der Waals surface area (Å²) >= 11 is 0. The molecule has 0 fully saturated rings. The highest BCUT2D eigenvalue weighted by Gasteiger charge is 1.94. The summed E-state index contributed by atoms with van der Waals surface area (Å²) in [5.74, 6) is 0.